The molecule has 1 saturated heterocycles. The van der Waals surface area contributed by atoms with Crippen LogP contribution in [0.5, 0.6) is 5.75 Å². The Labute approximate surface area is 125 Å². The van der Waals surface area contributed by atoms with Gasteiger partial charge in [0.1, 0.15) is 11.8 Å². The maximum atomic E-state index is 11.6. The third-order valence-electron chi connectivity index (χ3n) is 2.85. The van der Waals surface area contributed by atoms with Crippen molar-refractivity contribution in [1.29, 1.82) is 0 Å². The van der Waals surface area contributed by atoms with Crippen LogP contribution in [-0.4, -0.2) is 35.2 Å². The van der Waals surface area contributed by atoms with E-state index in [1.807, 2.05) is 0 Å². The third kappa shape index (κ3) is 4.56. The lowest BCUT2D eigenvalue weighted by Gasteiger charge is -2.22. The highest BCUT2D eigenvalue weighted by Gasteiger charge is 2.25. The van der Waals surface area contributed by atoms with Crippen molar-refractivity contribution in [2.45, 2.75) is 18.9 Å². The fraction of sp³-hybridized carbons (Fsp3) is 0.231. The van der Waals surface area contributed by atoms with Gasteiger partial charge in [0.25, 0.3) is 0 Å². The molecule has 1 unspecified atom stereocenters. The largest absolute Gasteiger partial charge is 0.508 e. The lowest BCUT2D eigenvalue weighted by molar-refractivity contribution is -0.124. The summed E-state index contributed by atoms with van der Waals surface area (Å²) in [5.74, 6) is -0.755. The van der Waals surface area contributed by atoms with Crippen molar-refractivity contribution in [2.75, 3.05) is 0 Å². The maximum absolute atomic E-state index is 11.6. The van der Waals surface area contributed by atoms with Crippen molar-refractivity contribution in [1.82, 2.24) is 21.6 Å². The monoisotopic (exact) mass is 305 g/mol. The number of nitrogens with zero attached hydrogens (tertiary/aromatic N) is 1. The van der Waals surface area contributed by atoms with Gasteiger partial charge in [-0.05, 0) is 24.1 Å². The van der Waals surface area contributed by atoms with Crippen molar-refractivity contribution in [3.05, 3.63) is 29.8 Å². The van der Waals surface area contributed by atoms with E-state index in [4.69, 9.17) is 0 Å². The number of imide groups is 1. The molecule has 5 N–H and O–H groups in total. The van der Waals surface area contributed by atoms with E-state index in [1.54, 1.807) is 12.1 Å². The number of hydrogen-bond donors (Lipinski definition) is 5. The Morgan fingerprint density at radius 1 is 1.41 bits per heavy atom. The summed E-state index contributed by atoms with van der Waals surface area (Å²) in [6.07, 6.45) is 1.65. The van der Waals surface area contributed by atoms with Crippen LogP contribution in [0.3, 0.4) is 0 Å². The van der Waals surface area contributed by atoms with E-state index in [9.17, 15) is 19.5 Å². The minimum atomic E-state index is -0.668. The molecule has 1 fully saturated rings. The summed E-state index contributed by atoms with van der Waals surface area (Å²) < 4.78 is 0. The third-order valence-corrected chi connectivity index (χ3v) is 2.85. The van der Waals surface area contributed by atoms with Crippen LogP contribution in [0, 0.1) is 0 Å². The summed E-state index contributed by atoms with van der Waals surface area (Å²) in [7, 11) is 0. The maximum Gasteiger partial charge on any atom is 0.335 e. The van der Waals surface area contributed by atoms with Crippen LogP contribution in [0.4, 0.5) is 4.79 Å². The first-order valence-electron chi connectivity index (χ1n) is 6.52. The number of hydrazone groups is 1. The summed E-state index contributed by atoms with van der Waals surface area (Å²) in [6.45, 7) is 0. The summed E-state index contributed by atoms with van der Waals surface area (Å²) in [6, 6.07) is 5.10. The van der Waals surface area contributed by atoms with E-state index >= 15 is 0 Å². The molecule has 0 radical (unpaired) electrons. The molecular formula is C13H15N5O4. The Balaban J connectivity index is 1.74. The minimum Gasteiger partial charge on any atom is -0.508 e. The first kappa shape index (κ1) is 15.4. The van der Waals surface area contributed by atoms with E-state index in [-0.39, 0.29) is 24.5 Å². The summed E-state index contributed by atoms with van der Waals surface area (Å²) in [5.41, 5.74) is 7.71. The van der Waals surface area contributed by atoms with Gasteiger partial charge in [-0.1, -0.05) is 12.1 Å². The number of hydrazine groups is 1. The van der Waals surface area contributed by atoms with Crippen LogP contribution in [0.15, 0.2) is 29.4 Å². The molecule has 0 aromatic heterocycles. The van der Waals surface area contributed by atoms with Crippen LogP contribution >= 0.6 is 0 Å². The number of carbonyl (C=O) groups is 3. The Morgan fingerprint density at radius 3 is 2.95 bits per heavy atom. The Kier molecular flexibility index (Phi) is 5.04. The fourth-order valence-electron chi connectivity index (χ4n) is 1.77. The predicted molar refractivity (Wildman–Crippen MR) is 76.7 cm³/mol. The van der Waals surface area contributed by atoms with Crippen molar-refractivity contribution >= 4 is 24.1 Å². The number of urea groups is 1. The Hall–Kier alpha value is -2.94. The number of hydrogen-bond acceptors (Lipinski definition) is 6. The predicted octanol–water partition coefficient (Wildman–Crippen LogP) is -0.665. The smallest absolute Gasteiger partial charge is 0.335 e. The quantitative estimate of drug-likeness (QED) is 0.364. The zero-order chi connectivity index (χ0) is 15.9. The second-order valence-electron chi connectivity index (χ2n) is 4.57. The first-order valence-corrected chi connectivity index (χ1v) is 6.52. The number of amides is 4. The summed E-state index contributed by atoms with van der Waals surface area (Å²) >= 11 is 0. The van der Waals surface area contributed by atoms with E-state index < -0.39 is 18.0 Å². The van der Waals surface area contributed by atoms with Gasteiger partial charge in [0.2, 0.25) is 11.8 Å². The van der Waals surface area contributed by atoms with E-state index in [0.29, 0.717) is 5.56 Å². The highest BCUT2D eigenvalue weighted by molar-refractivity contribution is 5.99. The van der Waals surface area contributed by atoms with Crippen molar-refractivity contribution in [3.8, 4) is 5.75 Å². The van der Waals surface area contributed by atoms with Crippen LogP contribution in [-0.2, 0) is 9.59 Å². The molecule has 0 spiro atoms. The Morgan fingerprint density at radius 2 is 2.23 bits per heavy atom. The summed E-state index contributed by atoms with van der Waals surface area (Å²) in [5, 5.41) is 15.1. The Bertz CT molecular complexity index is 616. The molecule has 22 heavy (non-hydrogen) atoms. The number of phenolic OH excluding ortho intramolecular Hbond substituents is 1. The van der Waals surface area contributed by atoms with Gasteiger partial charge < -0.3 is 5.11 Å². The number of carbonyl (C=O) groups excluding carboxylic acids is 3. The van der Waals surface area contributed by atoms with Gasteiger partial charge in [-0.25, -0.2) is 15.6 Å². The number of nitrogens with one attached hydrogen (secondary N) is 4. The minimum absolute atomic E-state index is 0.0539. The van der Waals surface area contributed by atoms with Gasteiger partial charge in [0.15, 0.2) is 0 Å². The molecule has 0 saturated carbocycles. The molecular weight excluding hydrogens is 290 g/mol. The second-order valence-corrected chi connectivity index (χ2v) is 4.57. The molecule has 116 valence electrons. The number of rotatable bonds is 5. The van der Waals surface area contributed by atoms with Gasteiger partial charge >= 0.3 is 6.03 Å². The summed E-state index contributed by atoms with van der Waals surface area (Å²) in [4.78, 5) is 33.9. The zero-order valence-corrected chi connectivity index (χ0v) is 11.5. The highest BCUT2D eigenvalue weighted by Crippen LogP contribution is 2.08. The fourth-order valence-corrected chi connectivity index (χ4v) is 1.77. The second kappa shape index (κ2) is 7.18. The van der Waals surface area contributed by atoms with Crippen molar-refractivity contribution in [3.63, 3.8) is 0 Å². The lowest BCUT2D eigenvalue weighted by Crippen LogP contribution is -2.62. The molecule has 1 aromatic rings. The van der Waals surface area contributed by atoms with Crippen LogP contribution in [0.1, 0.15) is 18.4 Å². The van der Waals surface area contributed by atoms with Gasteiger partial charge in [0, 0.05) is 6.42 Å². The van der Waals surface area contributed by atoms with E-state index in [2.05, 4.69) is 26.7 Å². The van der Waals surface area contributed by atoms with E-state index in [0.717, 1.165) is 0 Å². The molecule has 1 aliphatic rings. The topological polar surface area (TPSA) is 132 Å². The van der Waals surface area contributed by atoms with Crippen LogP contribution in [0.25, 0.3) is 0 Å². The molecule has 4 amide bonds. The average Bonchev–Trinajstić information content (AvgIpc) is 2.46. The van der Waals surface area contributed by atoms with Crippen molar-refractivity contribution in [2.24, 2.45) is 5.10 Å². The van der Waals surface area contributed by atoms with Crippen LogP contribution < -0.4 is 21.6 Å². The SMILES string of the molecule is O=C(CCC1NNC(=O)NC1=O)N/N=C/c1cccc(O)c1. The zero-order valence-electron chi connectivity index (χ0n) is 11.5. The number of benzene rings is 1. The first-order chi connectivity index (χ1) is 10.5. The van der Waals surface area contributed by atoms with Crippen LogP contribution in [0.2, 0.25) is 0 Å². The lowest BCUT2D eigenvalue weighted by atomic mass is 10.1. The van der Waals surface area contributed by atoms with Gasteiger partial charge in [-0.15, -0.1) is 0 Å². The normalized spacial score (nSPS) is 17.9. The highest BCUT2D eigenvalue weighted by atomic mass is 16.3. The van der Waals surface area contributed by atoms with Gasteiger partial charge in [0.05, 0.1) is 6.21 Å². The molecule has 9 nitrogen and oxygen atoms in total. The molecule has 1 aliphatic heterocycles. The molecule has 1 atom stereocenters. The van der Waals surface area contributed by atoms with Gasteiger partial charge in [-0.2, -0.15) is 5.10 Å². The molecule has 1 aromatic carbocycles. The molecule has 0 aliphatic carbocycles. The average molecular weight is 305 g/mol. The molecule has 1 heterocycles. The molecule has 2 rings (SSSR count). The standard InChI is InChI=1S/C13H15N5O4/c19-9-3-1-2-8(6-9)7-14-17-11(20)5-4-10-12(21)15-13(22)18-16-10/h1-3,6-7,10,16,19H,4-5H2,(H,17,20)(H2,15,18,21,22)/b14-7+. The molecule has 9 heteroatoms. The van der Waals surface area contributed by atoms with E-state index in [1.165, 1.54) is 18.3 Å². The van der Waals surface area contributed by atoms with Gasteiger partial charge in [-0.3, -0.25) is 20.3 Å². The number of phenols is 1. The molecule has 0 bridgehead atoms. The number of aromatic hydroxyl groups is 1. The van der Waals surface area contributed by atoms with Crippen molar-refractivity contribution < 1.29 is 19.5 Å².